The van der Waals surface area contributed by atoms with Crippen molar-refractivity contribution in [1.29, 1.82) is 0 Å². The third kappa shape index (κ3) is 1.43. The van der Waals surface area contributed by atoms with Crippen LogP contribution in [0.5, 0.6) is 5.75 Å². The first-order valence-electron chi connectivity index (χ1n) is 9.38. The molecule has 5 rings (SSSR count). The van der Waals surface area contributed by atoms with Crippen LogP contribution in [0, 0.1) is 16.7 Å². The molecule has 0 heterocycles. The van der Waals surface area contributed by atoms with Crippen LogP contribution in [-0.2, 0) is 11.2 Å². The lowest BCUT2D eigenvalue weighted by Crippen LogP contribution is -2.52. The molecule has 128 valence electrons. The van der Waals surface area contributed by atoms with E-state index < -0.39 is 5.60 Å². The van der Waals surface area contributed by atoms with Gasteiger partial charge in [0.25, 0.3) is 0 Å². The molecule has 1 aromatic carbocycles. The quantitative estimate of drug-likeness (QED) is 0.857. The Balaban J connectivity index is 1.61. The highest BCUT2D eigenvalue weighted by Crippen LogP contribution is 2.76. The number of ketones is 1. The van der Waals surface area contributed by atoms with Gasteiger partial charge in [-0.25, -0.2) is 0 Å². The van der Waals surface area contributed by atoms with Crippen molar-refractivity contribution in [3.8, 4) is 5.75 Å². The summed E-state index contributed by atoms with van der Waals surface area (Å²) in [4.78, 5) is 12.7. The van der Waals surface area contributed by atoms with Crippen LogP contribution in [0.4, 0.5) is 0 Å². The predicted molar refractivity (Wildman–Crippen MR) is 91.1 cm³/mol. The molecule has 4 aliphatic carbocycles. The number of fused-ring (bicyclic) bond motifs is 3. The maximum absolute atomic E-state index is 12.7. The van der Waals surface area contributed by atoms with Gasteiger partial charge in [0, 0.05) is 11.8 Å². The summed E-state index contributed by atoms with van der Waals surface area (Å²) in [6.07, 6.45) is 6.59. The zero-order valence-corrected chi connectivity index (χ0v) is 14.6. The van der Waals surface area contributed by atoms with E-state index in [1.165, 1.54) is 11.1 Å². The van der Waals surface area contributed by atoms with Crippen LogP contribution in [0.25, 0.3) is 0 Å². The monoisotopic (exact) mass is 326 g/mol. The molecule has 24 heavy (non-hydrogen) atoms. The normalized spacial score (nSPS) is 45.5. The van der Waals surface area contributed by atoms with Crippen molar-refractivity contribution in [2.24, 2.45) is 16.7 Å². The molecular formula is C21H26O3. The molecule has 4 aliphatic rings. The first-order valence-corrected chi connectivity index (χ1v) is 9.38. The van der Waals surface area contributed by atoms with Crippen molar-refractivity contribution >= 4 is 5.78 Å². The van der Waals surface area contributed by atoms with E-state index >= 15 is 0 Å². The minimum atomic E-state index is -1.04. The number of rotatable bonds is 1. The maximum atomic E-state index is 12.7. The molecule has 0 radical (unpaired) electrons. The van der Waals surface area contributed by atoms with Crippen LogP contribution in [0.3, 0.4) is 0 Å². The summed E-state index contributed by atoms with van der Waals surface area (Å²) >= 11 is 0. The summed E-state index contributed by atoms with van der Waals surface area (Å²) in [5.41, 5.74) is 1.67. The Kier molecular flexibility index (Phi) is 2.76. The highest BCUT2D eigenvalue weighted by atomic mass is 16.5. The van der Waals surface area contributed by atoms with Crippen molar-refractivity contribution in [2.75, 3.05) is 7.11 Å². The highest BCUT2D eigenvalue weighted by Gasteiger charge is 2.76. The molecule has 5 atom stereocenters. The van der Waals surface area contributed by atoms with Crippen molar-refractivity contribution in [3.05, 3.63) is 29.3 Å². The number of aliphatic hydroxyl groups is 1. The van der Waals surface area contributed by atoms with Gasteiger partial charge in [0.2, 0.25) is 0 Å². The molecule has 0 amide bonds. The van der Waals surface area contributed by atoms with Crippen LogP contribution < -0.4 is 4.74 Å². The van der Waals surface area contributed by atoms with Gasteiger partial charge in [-0.3, -0.25) is 4.79 Å². The summed E-state index contributed by atoms with van der Waals surface area (Å²) in [6, 6.07) is 6.53. The first-order chi connectivity index (χ1) is 11.5. The van der Waals surface area contributed by atoms with Gasteiger partial charge >= 0.3 is 0 Å². The third-order valence-corrected chi connectivity index (χ3v) is 8.51. The number of carbonyl (C=O) groups is 1. The van der Waals surface area contributed by atoms with E-state index in [9.17, 15) is 9.90 Å². The van der Waals surface area contributed by atoms with Gasteiger partial charge in [0.1, 0.15) is 11.4 Å². The van der Waals surface area contributed by atoms with Gasteiger partial charge in [0.15, 0.2) is 5.78 Å². The van der Waals surface area contributed by atoms with Gasteiger partial charge in [-0.2, -0.15) is 0 Å². The van der Waals surface area contributed by atoms with Gasteiger partial charge in [-0.05, 0) is 79.0 Å². The zero-order valence-electron chi connectivity index (χ0n) is 14.6. The van der Waals surface area contributed by atoms with Crippen molar-refractivity contribution in [3.63, 3.8) is 0 Å². The molecule has 1 N–H and O–H groups in total. The fourth-order valence-electron chi connectivity index (χ4n) is 7.19. The van der Waals surface area contributed by atoms with E-state index in [4.69, 9.17) is 4.74 Å². The van der Waals surface area contributed by atoms with Crippen LogP contribution in [0.15, 0.2) is 18.2 Å². The number of hydrogen-bond donors (Lipinski definition) is 1. The molecule has 3 nitrogen and oxygen atoms in total. The van der Waals surface area contributed by atoms with E-state index in [-0.39, 0.29) is 16.6 Å². The van der Waals surface area contributed by atoms with Gasteiger partial charge in [-0.1, -0.05) is 13.0 Å². The fraction of sp³-hybridized carbons (Fsp3) is 0.667. The second-order valence-electron chi connectivity index (χ2n) is 8.80. The zero-order chi connectivity index (χ0) is 16.7. The molecule has 2 bridgehead atoms. The number of carbonyl (C=O) groups excluding carboxylic acids is 1. The van der Waals surface area contributed by atoms with E-state index in [2.05, 4.69) is 25.1 Å². The van der Waals surface area contributed by atoms with Crippen LogP contribution in [0.1, 0.15) is 62.5 Å². The molecular weight excluding hydrogens is 300 g/mol. The minimum Gasteiger partial charge on any atom is -0.497 e. The lowest BCUT2D eigenvalue weighted by molar-refractivity contribution is -0.144. The Morgan fingerprint density at radius 3 is 2.79 bits per heavy atom. The van der Waals surface area contributed by atoms with Crippen LogP contribution >= 0.6 is 0 Å². The smallest absolute Gasteiger partial charge is 0.165 e. The average molecular weight is 326 g/mol. The standard InChI is InChI=1S/C21H26O3/c1-19-8-7-16-15-5-4-14(24-2)11-13(15)3-6-17(16)20(19)9-10-21(19,23)18(22)12-20/h4-5,11,16-17,23H,3,6-10,12H2,1-2H3/t16-,17-,19+,20+,21-/m1/s1. The summed E-state index contributed by atoms with van der Waals surface area (Å²) < 4.78 is 5.40. The van der Waals surface area contributed by atoms with E-state index in [0.717, 1.165) is 37.9 Å². The van der Waals surface area contributed by atoms with Crippen molar-refractivity contribution in [1.82, 2.24) is 0 Å². The number of hydrogen-bond acceptors (Lipinski definition) is 3. The number of methoxy groups -OCH3 is 1. The second-order valence-corrected chi connectivity index (χ2v) is 8.80. The molecule has 3 fully saturated rings. The Hall–Kier alpha value is -1.35. The molecule has 0 aliphatic heterocycles. The van der Waals surface area contributed by atoms with E-state index in [0.29, 0.717) is 24.7 Å². The Bertz CT molecular complexity index is 741. The summed E-state index contributed by atoms with van der Waals surface area (Å²) in [6.45, 7) is 2.21. The Morgan fingerprint density at radius 2 is 2.04 bits per heavy atom. The summed E-state index contributed by atoms with van der Waals surface area (Å²) in [7, 11) is 1.72. The average Bonchev–Trinajstić information content (AvgIpc) is 2.93. The SMILES string of the molecule is COc1ccc2c(c1)CC[C@@H]1[C@@H]2CC[C@@]2(C)[C@]13CC[C@@]2(O)C(=O)C3. The van der Waals surface area contributed by atoms with Gasteiger partial charge < -0.3 is 9.84 Å². The van der Waals surface area contributed by atoms with Gasteiger partial charge in [-0.15, -0.1) is 0 Å². The summed E-state index contributed by atoms with van der Waals surface area (Å²) in [5, 5.41) is 11.1. The molecule has 3 saturated carbocycles. The highest BCUT2D eigenvalue weighted by molar-refractivity contribution is 5.93. The van der Waals surface area contributed by atoms with Crippen LogP contribution in [0.2, 0.25) is 0 Å². The third-order valence-electron chi connectivity index (χ3n) is 8.51. The van der Waals surface area contributed by atoms with Crippen molar-refractivity contribution < 1.29 is 14.6 Å². The summed E-state index contributed by atoms with van der Waals surface area (Å²) in [5.74, 6) is 2.15. The number of Topliss-reactive ketones (excluding diaryl/α,β-unsaturated/α-hetero) is 1. The van der Waals surface area contributed by atoms with Gasteiger partial charge in [0.05, 0.1) is 7.11 Å². The molecule has 1 aromatic rings. The molecule has 0 unspecified atom stereocenters. The minimum absolute atomic E-state index is 0.0272. The number of ether oxygens (including phenoxy) is 1. The van der Waals surface area contributed by atoms with E-state index in [1.807, 2.05) is 0 Å². The Morgan fingerprint density at radius 1 is 1.21 bits per heavy atom. The predicted octanol–water partition coefficient (Wildman–Crippen LogP) is 3.63. The molecule has 0 saturated heterocycles. The molecule has 3 heteroatoms. The second kappa shape index (κ2) is 4.43. The lowest BCUT2D eigenvalue weighted by atomic mass is 9.48. The lowest BCUT2D eigenvalue weighted by Gasteiger charge is -2.56. The number of aryl methyl sites for hydroxylation is 1. The van der Waals surface area contributed by atoms with Crippen molar-refractivity contribution in [2.45, 2.75) is 63.4 Å². The topological polar surface area (TPSA) is 46.5 Å². The number of benzene rings is 1. The largest absolute Gasteiger partial charge is 0.497 e. The molecule has 0 spiro atoms. The maximum Gasteiger partial charge on any atom is 0.165 e. The van der Waals surface area contributed by atoms with Crippen LogP contribution in [-0.4, -0.2) is 23.6 Å². The molecule has 0 aromatic heterocycles. The van der Waals surface area contributed by atoms with E-state index in [1.54, 1.807) is 7.11 Å². The Labute approximate surface area is 143 Å². The fourth-order valence-corrected chi connectivity index (χ4v) is 7.19. The first kappa shape index (κ1) is 14.9.